The summed E-state index contributed by atoms with van der Waals surface area (Å²) < 4.78 is 69.1. The number of benzene rings is 2. The maximum absolute atomic E-state index is 10.5. The van der Waals surface area contributed by atoms with Gasteiger partial charge < -0.3 is 89.7 Å². The Morgan fingerprint density at radius 1 is 0.631 bits per heavy atom. The standard InChI is InChI=1S/C18H16BClN2O5.C11H12Cl2N2O3.C11H10Cl2N2O2.C7H7BO3.C6H3Cl3N2O.C5H10O2.C2H3N.CH3F.CH2O3.Cs.Na.H/c1-21-16-9-15(20)17(22-18(16)25-7-6-24-12-2-3-12)27-13-4-5-14-11(8-13)10-26-19(14)23;12-8-5-9(14-6-16)11(15-10(8)13)18-4-3-17-7-1-2-7;1-14-9-6-8(12)10(13)15-11(9)17-5-4-16-7-2-3-7;9-6-1-2-7-5(3-6)4-11-8(7)10;7-3-1-4(10-2-12)6(9)11-5(3)8;6-3-4-7-5-1-2-5;1-2-3;1-2;2-1-4-3;;;/h4-5,8-9,12,23H,2-3,6-7,10H2;5-7H,1-4H2,(H,14,16);6-7H,2-5H2;1-3,9-10H,4H2;1-2H,(H,10,12);5-6H,1-4H2;1H3;1H3;1,3H;;;/q;;;;;;;;;2*+1;-1/p-1/i;;;;;;;1D;;;;. The minimum absolute atomic E-state index is 0. The number of nitrogens with one attached hydrogen (secondary N) is 2. The number of nitrogens with zero attached hydrogens (tertiary/aromatic N) is 7. The summed E-state index contributed by atoms with van der Waals surface area (Å²) in [6.07, 6.45) is 11.6. The number of carbonyl (C=O) groups excluding carboxylic acids is 3. The van der Waals surface area contributed by atoms with Crippen molar-refractivity contribution >= 4 is 160 Å². The van der Waals surface area contributed by atoms with Crippen molar-refractivity contribution in [3.05, 3.63) is 135 Å². The predicted octanol–water partition coefficient (Wildman–Crippen LogP) is 4.91. The molecule has 4 aliphatic carbocycles. The molecule has 4 saturated carbocycles. The number of pyridine rings is 4. The molecule has 0 spiro atoms. The van der Waals surface area contributed by atoms with Gasteiger partial charge in [0.25, 0.3) is 6.47 Å². The first-order valence-corrected chi connectivity index (χ1v) is 32.8. The molecule has 6 N–H and O–H groups in total. The van der Waals surface area contributed by atoms with Gasteiger partial charge >= 0.3 is 113 Å². The van der Waals surface area contributed by atoms with Gasteiger partial charge in [-0.05, 0) is 122 Å². The van der Waals surface area contributed by atoms with Gasteiger partial charge in [-0.2, -0.15) is 15.2 Å². The number of phenolic OH excluding ortho intramolecular Hbond substituents is 1. The van der Waals surface area contributed by atoms with Gasteiger partial charge in [0.15, 0.2) is 10.3 Å². The Hall–Kier alpha value is -4.05. The number of alkyl halides is 1. The van der Waals surface area contributed by atoms with Gasteiger partial charge in [-0.15, -0.1) is 0 Å². The van der Waals surface area contributed by atoms with Crippen molar-refractivity contribution in [2.45, 2.75) is 95.9 Å². The zero-order chi connectivity index (χ0) is 74.9. The Bertz CT molecular complexity index is 3780. The molecule has 6 aromatic rings. The summed E-state index contributed by atoms with van der Waals surface area (Å²) in [4.78, 5) is 54.2. The van der Waals surface area contributed by atoms with Crippen molar-refractivity contribution in [2.75, 3.05) is 70.6 Å². The molecule has 6 aliphatic rings. The fraction of sp³-hybridized carbons (Fsp3) is 0.387. The number of aliphatic hydroxyl groups excluding tert-OH is 1. The molecule has 0 radical (unpaired) electrons. The van der Waals surface area contributed by atoms with Crippen LogP contribution in [0.2, 0.25) is 40.7 Å². The van der Waals surface area contributed by atoms with E-state index in [2.05, 4.69) is 45.1 Å². The van der Waals surface area contributed by atoms with E-state index in [1.165, 1.54) is 50.1 Å². The first-order chi connectivity index (χ1) is 49.1. The first-order valence-electron chi connectivity index (χ1n) is 30.5. The maximum atomic E-state index is 10.5. The molecule has 2 aliphatic heterocycles. The van der Waals surface area contributed by atoms with Gasteiger partial charge in [0, 0.05) is 6.92 Å². The minimum atomic E-state index is -1.00. The van der Waals surface area contributed by atoms with E-state index in [4.69, 9.17) is 185 Å². The molecule has 4 fully saturated rings. The Morgan fingerprint density at radius 2 is 1.02 bits per heavy atom. The molecule has 0 unspecified atom stereocenters. The van der Waals surface area contributed by atoms with E-state index >= 15 is 0 Å². The second kappa shape index (κ2) is 53.7. The summed E-state index contributed by atoms with van der Waals surface area (Å²) >= 11 is 46.1. The number of ether oxygens (including phenoxy) is 8. The Morgan fingerprint density at radius 3 is 1.47 bits per heavy atom. The van der Waals surface area contributed by atoms with Crippen molar-refractivity contribution in [1.82, 2.24) is 19.9 Å². The normalized spacial score (nSPS) is 13.5. The molecule has 0 bridgehead atoms. The van der Waals surface area contributed by atoms with Gasteiger partial charge in [0.2, 0.25) is 47.7 Å². The SMILES string of the molecule is CC#N.O=CNc1cc(Cl)c(Cl)nc1Cl.O=CNc1cc(Cl)c(Cl)nc1OCCOC1CC1.O=CO[O-].OB1OCc2cc(O)ccc21.OCCOC1CC1.[2H]CF.[C-]#[N+]c1cc(Cl)c(Cl)nc1OCCOC1CC1.[C-]#[N+]c1cc(Cl)c(Oc2ccc3c(c2)COB3O)nc1OCCOC1CC1.[Cs+].[H-].[Na+]. The van der Waals surface area contributed by atoms with E-state index in [0.29, 0.717) is 119 Å². The Labute approximate surface area is 717 Å². The van der Waals surface area contributed by atoms with Crippen LogP contribution in [0.5, 0.6) is 35.0 Å². The van der Waals surface area contributed by atoms with E-state index in [1.807, 2.05) is 0 Å². The number of phenols is 1. The molecule has 2 aromatic carbocycles. The number of rotatable bonds is 25. The van der Waals surface area contributed by atoms with Crippen LogP contribution in [0.25, 0.3) is 9.69 Å². The number of hydrogen-bond acceptors (Lipinski definition) is 24. The van der Waals surface area contributed by atoms with Crippen LogP contribution in [0.3, 0.4) is 0 Å². The van der Waals surface area contributed by atoms with Crippen molar-refractivity contribution in [3.63, 3.8) is 0 Å². The molecule has 103 heavy (non-hydrogen) atoms. The molecule has 544 valence electrons. The smallest absolute Gasteiger partial charge is 1.00 e. The number of hydrogen-bond donors (Lipinski definition) is 6. The summed E-state index contributed by atoms with van der Waals surface area (Å²) in [5.74, 6) is 1.44. The fourth-order valence-corrected chi connectivity index (χ4v) is 8.76. The van der Waals surface area contributed by atoms with E-state index in [1.54, 1.807) is 36.4 Å². The largest absolute Gasteiger partial charge is 1.00 e. The molecule has 0 saturated heterocycles. The van der Waals surface area contributed by atoms with E-state index < -0.39 is 21.4 Å². The summed E-state index contributed by atoms with van der Waals surface area (Å²) in [5, 5.41) is 58.1. The van der Waals surface area contributed by atoms with Gasteiger partial charge in [-0.3, -0.25) is 18.8 Å². The first kappa shape index (κ1) is 93.2. The number of carbonyl (C=O) groups is 3. The predicted molar refractivity (Wildman–Crippen MR) is 374 cm³/mol. The van der Waals surface area contributed by atoms with Crippen LogP contribution < -0.4 is 144 Å². The minimum Gasteiger partial charge on any atom is -1.00 e. The zero-order valence-corrected chi connectivity index (χ0v) is 69.7. The van der Waals surface area contributed by atoms with Crippen molar-refractivity contribution in [2.24, 2.45) is 0 Å². The molecule has 12 rings (SSSR count). The number of anilines is 2. The maximum Gasteiger partial charge on any atom is 1.00 e. The molecule has 2 amide bonds. The number of aromatic hydroxyl groups is 1. The number of nitriles is 1. The van der Waals surface area contributed by atoms with Crippen molar-refractivity contribution in [3.8, 4) is 41.1 Å². The molecule has 4 aromatic heterocycles. The average molecular weight is 1720 g/mol. The number of aliphatic hydroxyl groups is 1. The number of halogens is 9. The monoisotopic (exact) mass is 1720 g/mol. The second-order valence-corrected chi connectivity index (χ2v) is 23.3. The van der Waals surface area contributed by atoms with Crippen molar-refractivity contribution in [1.29, 1.82) is 5.26 Å². The third-order valence-corrected chi connectivity index (χ3v) is 15.2. The topological polar surface area (TPSA) is 365 Å². The number of amides is 2. The van der Waals surface area contributed by atoms with Crippen LogP contribution in [0, 0.1) is 24.5 Å². The average Bonchev–Trinajstić information content (AvgIpc) is 1.46. The second-order valence-electron chi connectivity index (χ2n) is 20.3. The van der Waals surface area contributed by atoms with Gasteiger partial charge in [-0.1, -0.05) is 105 Å². The third kappa shape index (κ3) is 37.1. The summed E-state index contributed by atoms with van der Waals surface area (Å²) in [6, 6.07) is 17.6. The Kier molecular flexibility index (Phi) is 48.6. The summed E-state index contributed by atoms with van der Waals surface area (Å²) in [7, 11) is -2.72. The van der Waals surface area contributed by atoms with Gasteiger partial charge in [0.05, 0.1) is 124 Å². The van der Waals surface area contributed by atoms with E-state index in [9.17, 15) is 19.0 Å². The number of fused-ring (bicyclic) bond motifs is 2. The van der Waals surface area contributed by atoms with Gasteiger partial charge in [-0.25, -0.2) is 19.7 Å². The van der Waals surface area contributed by atoms with E-state index in [0.717, 1.165) is 55.1 Å². The molecule has 28 nitrogen and oxygen atoms in total. The van der Waals surface area contributed by atoms with Gasteiger partial charge in [0.1, 0.15) is 47.3 Å². The van der Waals surface area contributed by atoms with Crippen LogP contribution in [0.1, 0.15) is 72.2 Å². The molecule has 41 heteroatoms. The summed E-state index contributed by atoms with van der Waals surface area (Å²) in [6.45, 7) is 19.3. The molecule has 0 atom stereocenters. The molecule has 6 heterocycles. The van der Waals surface area contributed by atoms with E-state index in [-0.39, 0.29) is 194 Å². The van der Waals surface area contributed by atoms with Crippen LogP contribution in [-0.4, -0.2) is 158 Å². The summed E-state index contributed by atoms with van der Waals surface area (Å²) in [5.41, 5.74) is 4.34. The van der Waals surface area contributed by atoms with Crippen LogP contribution in [-0.2, 0) is 60.7 Å². The zero-order valence-electron chi connectivity index (χ0n) is 57.3. The van der Waals surface area contributed by atoms with Crippen LogP contribution in [0.4, 0.5) is 27.1 Å². The quantitative estimate of drug-likeness (QED) is 0.00843. The fourth-order valence-electron chi connectivity index (χ4n) is 7.49. The van der Waals surface area contributed by atoms with Crippen molar-refractivity contribution < 1.29 is 198 Å². The van der Waals surface area contributed by atoms with Crippen LogP contribution >= 0.6 is 92.8 Å². The molecular weight excluding hydrogens is 1650 g/mol. The van der Waals surface area contributed by atoms with Crippen LogP contribution in [0.15, 0.2) is 60.7 Å². The third-order valence-electron chi connectivity index (χ3n) is 12.6. The Balaban J connectivity index is 0.000000632. The number of aromatic nitrogens is 4. The molecular formula is C62H66B2Cl8CsFN9NaO19.